The fourth-order valence-corrected chi connectivity index (χ4v) is 1.67. The SMILES string of the molecule is CCOC(=O)C[C@@H](CCBr)C(=O)OCC. The molecule has 0 aliphatic heterocycles. The van der Waals surface area contributed by atoms with Crippen LogP contribution in [0.15, 0.2) is 0 Å². The standard InChI is InChI=1S/C10H17BrO4/c1-3-14-9(12)7-8(5-6-11)10(13)15-4-2/h8H,3-7H2,1-2H3/t8-/m1/s1. The number of ether oxygens (including phenoxy) is 2. The Morgan fingerprint density at radius 1 is 1.20 bits per heavy atom. The summed E-state index contributed by atoms with van der Waals surface area (Å²) < 4.78 is 9.65. The predicted octanol–water partition coefficient (Wildman–Crippen LogP) is 1.90. The molecule has 0 aliphatic carbocycles. The molecular formula is C10H17BrO4. The Hall–Kier alpha value is -0.580. The van der Waals surface area contributed by atoms with Gasteiger partial charge in [-0.15, -0.1) is 0 Å². The van der Waals surface area contributed by atoms with Crippen molar-refractivity contribution >= 4 is 27.9 Å². The van der Waals surface area contributed by atoms with Gasteiger partial charge in [-0.25, -0.2) is 0 Å². The van der Waals surface area contributed by atoms with Crippen LogP contribution in [0, 0.1) is 5.92 Å². The summed E-state index contributed by atoms with van der Waals surface area (Å²) in [7, 11) is 0. The van der Waals surface area contributed by atoms with E-state index in [0.717, 1.165) is 0 Å². The van der Waals surface area contributed by atoms with Crippen LogP contribution in [0.5, 0.6) is 0 Å². The molecule has 0 aromatic rings. The van der Waals surface area contributed by atoms with Gasteiger partial charge in [0.1, 0.15) is 0 Å². The zero-order valence-electron chi connectivity index (χ0n) is 9.12. The Morgan fingerprint density at radius 3 is 2.27 bits per heavy atom. The Kier molecular flexibility index (Phi) is 8.37. The lowest BCUT2D eigenvalue weighted by atomic mass is 10.0. The summed E-state index contributed by atoms with van der Waals surface area (Å²) in [5, 5.41) is 0.663. The van der Waals surface area contributed by atoms with Crippen molar-refractivity contribution in [3.8, 4) is 0 Å². The average molecular weight is 281 g/mol. The first-order valence-electron chi connectivity index (χ1n) is 5.03. The van der Waals surface area contributed by atoms with Gasteiger partial charge < -0.3 is 9.47 Å². The van der Waals surface area contributed by atoms with Gasteiger partial charge in [0.25, 0.3) is 0 Å². The Balaban J connectivity index is 4.13. The fraction of sp³-hybridized carbons (Fsp3) is 0.800. The summed E-state index contributed by atoms with van der Waals surface area (Å²) in [5.41, 5.74) is 0. The summed E-state index contributed by atoms with van der Waals surface area (Å²) >= 11 is 3.24. The maximum absolute atomic E-state index is 11.4. The molecule has 4 nitrogen and oxygen atoms in total. The lowest BCUT2D eigenvalue weighted by molar-refractivity contribution is -0.154. The van der Waals surface area contributed by atoms with Gasteiger partial charge in [0.15, 0.2) is 0 Å². The molecule has 15 heavy (non-hydrogen) atoms. The van der Waals surface area contributed by atoms with Crippen LogP contribution in [0.2, 0.25) is 0 Å². The average Bonchev–Trinajstić information content (AvgIpc) is 2.18. The highest BCUT2D eigenvalue weighted by molar-refractivity contribution is 9.09. The summed E-state index contributed by atoms with van der Waals surface area (Å²) in [4.78, 5) is 22.6. The van der Waals surface area contributed by atoms with E-state index < -0.39 is 5.92 Å². The first-order chi connectivity index (χ1) is 7.15. The molecule has 5 heteroatoms. The summed E-state index contributed by atoms with van der Waals surface area (Å²) in [6.07, 6.45) is 0.677. The normalized spacial score (nSPS) is 11.9. The van der Waals surface area contributed by atoms with Crippen molar-refractivity contribution in [2.45, 2.75) is 26.7 Å². The molecule has 0 spiro atoms. The molecule has 0 amide bonds. The number of alkyl halides is 1. The van der Waals surface area contributed by atoms with E-state index in [2.05, 4.69) is 15.9 Å². The van der Waals surface area contributed by atoms with Crippen molar-refractivity contribution < 1.29 is 19.1 Å². The van der Waals surface area contributed by atoms with Gasteiger partial charge >= 0.3 is 11.9 Å². The summed E-state index contributed by atoms with van der Waals surface area (Å²) in [5.74, 6) is -1.08. The predicted molar refractivity (Wildman–Crippen MR) is 59.8 cm³/mol. The van der Waals surface area contributed by atoms with Crippen LogP contribution < -0.4 is 0 Å². The number of halogens is 1. The van der Waals surface area contributed by atoms with E-state index in [1.807, 2.05) is 0 Å². The molecule has 1 atom stereocenters. The van der Waals surface area contributed by atoms with Crippen LogP contribution in [-0.4, -0.2) is 30.5 Å². The van der Waals surface area contributed by atoms with Gasteiger partial charge in [-0.1, -0.05) is 15.9 Å². The molecule has 88 valence electrons. The highest BCUT2D eigenvalue weighted by Gasteiger charge is 2.22. The van der Waals surface area contributed by atoms with Crippen molar-refractivity contribution in [3.63, 3.8) is 0 Å². The van der Waals surface area contributed by atoms with Crippen LogP contribution >= 0.6 is 15.9 Å². The third kappa shape index (κ3) is 6.49. The number of hydrogen-bond donors (Lipinski definition) is 0. The second-order valence-corrected chi connectivity index (χ2v) is 3.73. The zero-order chi connectivity index (χ0) is 11.7. The lowest BCUT2D eigenvalue weighted by Gasteiger charge is -2.13. The molecule has 0 unspecified atom stereocenters. The topological polar surface area (TPSA) is 52.6 Å². The van der Waals surface area contributed by atoms with Crippen molar-refractivity contribution in [1.29, 1.82) is 0 Å². The van der Waals surface area contributed by atoms with Gasteiger partial charge in [-0.3, -0.25) is 9.59 Å². The molecule has 0 aromatic carbocycles. The van der Waals surface area contributed by atoms with Gasteiger partial charge in [0, 0.05) is 5.33 Å². The van der Waals surface area contributed by atoms with E-state index in [4.69, 9.17) is 9.47 Å². The molecule has 0 N–H and O–H groups in total. The first-order valence-corrected chi connectivity index (χ1v) is 6.16. The van der Waals surface area contributed by atoms with Crippen molar-refractivity contribution in [1.82, 2.24) is 0 Å². The van der Waals surface area contributed by atoms with Crippen molar-refractivity contribution in [2.24, 2.45) is 5.92 Å². The molecular weight excluding hydrogens is 264 g/mol. The number of hydrogen-bond acceptors (Lipinski definition) is 4. The molecule has 0 radical (unpaired) electrons. The fourth-order valence-electron chi connectivity index (χ4n) is 1.12. The van der Waals surface area contributed by atoms with Gasteiger partial charge in [0.2, 0.25) is 0 Å². The molecule has 0 heterocycles. The van der Waals surface area contributed by atoms with Crippen LogP contribution in [0.25, 0.3) is 0 Å². The number of esters is 2. The highest BCUT2D eigenvalue weighted by Crippen LogP contribution is 2.13. The maximum Gasteiger partial charge on any atom is 0.309 e. The van der Waals surface area contributed by atoms with E-state index in [1.54, 1.807) is 13.8 Å². The van der Waals surface area contributed by atoms with Crippen LogP contribution in [0.1, 0.15) is 26.7 Å². The van der Waals surface area contributed by atoms with Crippen LogP contribution in [0.4, 0.5) is 0 Å². The number of rotatable bonds is 7. The second-order valence-electron chi connectivity index (χ2n) is 2.94. The highest BCUT2D eigenvalue weighted by atomic mass is 79.9. The molecule has 0 rings (SSSR count). The van der Waals surface area contributed by atoms with Crippen LogP contribution in [-0.2, 0) is 19.1 Å². The molecule has 0 aromatic heterocycles. The lowest BCUT2D eigenvalue weighted by Crippen LogP contribution is -2.22. The number of carbonyl (C=O) groups excluding carboxylic acids is 2. The van der Waals surface area contributed by atoms with Crippen molar-refractivity contribution in [2.75, 3.05) is 18.5 Å². The third-order valence-corrected chi connectivity index (χ3v) is 2.25. The second kappa shape index (κ2) is 8.71. The summed E-state index contributed by atoms with van der Waals surface area (Å²) in [6, 6.07) is 0. The number of carbonyl (C=O) groups is 2. The maximum atomic E-state index is 11.4. The van der Waals surface area contributed by atoms with E-state index in [-0.39, 0.29) is 18.4 Å². The van der Waals surface area contributed by atoms with Gasteiger partial charge in [-0.2, -0.15) is 0 Å². The van der Waals surface area contributed by atoms with E-state index in [0.29, 0.717) is 25.0 Å². The van der Waals surface area contributed by atoms with E-state index >= 15 is 0 Å². The smallest absolute Gasteiger partial charge is 0.309 e. The quantitative estimate of drug-likeness (QED) is 0.528. The molecule has 0 fully saturated rings. The third-order valence-electron chi connectivity index (χ3n) is 1.80. The van der Waals surface area contributed by atoms with E-state index in [1.165, 1.54) is 0 Å². The molecule has 0 bridgehead atoms. The molecule has 0 saturated carbocycles. The minimum absolute atomic E-state index is 0.0955. The molecule has 0 aliphatic rings. The van der Waals surface area contributed by atoms with Crippen molar-refractivity contribution in [3.05, 3.63) is 0 Å². The minimum Gasteiger partial charge on any atom is -0.466 e. The Labute approximate surface area is 98.4 Å². The monoisotopic (exact) mass is 280 g/mol. The molecule has 0 saturated heterocycles. The summed E-state index contributed by atoms with van der Waals surface area (Å²) in [6.45, 7) is 4.15. The zero-order valence-corrected chi connectivity index (χ0v) is 10.7. The van der Waals surface area contributed by atoms with Gasteiger partial charge in [0.05, 0.1) is 25.6 Å². The minimum atomic E-state index is -0.400. The Morgan fingerprint density at radius 2 is 1.80 bits per heavy atom. The Bertz CT molecular complexity index is 206. The van der Waals surface area contributed by atoms with E-state index in [9.17, 15) is 9.59 Å². The van der Waals surface area contributed by atoms with Gasteiger partial charge in [-0.05, 0) is 20.3 Å². The van der Waals surface area contributed by atoms with Crippen LogP contribution in [0.3, 0.4) is 0 Å². The largest absolute Gasteiger partial charge is 0.466 e. The first kappa shape index (κ1) is 14.4.